The number of hydrogen-bond donors (Lipinski definition) is 2. The molecule has 0 aliphatic carbocycles. The molecule has 1 amide bonds. The van der Waals surface area contributed by atoms with Gasteiger partial charge in [-0.15, -0.1) is 6.42 Å². The van der Waals surface area contributed by atoms with Crippen molar-refractivity contribution < 1.29 is 24.2 Å². The number of rotatable bonds is 5. The standard InChI is InChI=1S/C12H19NO5/c1-6-7-17-8(2)9(10(14)15)13-11(16)18-12(3,4)5/h1,8-9H,7H2,2-5H3,(H,13,16)(H,14,15)/t8-,9+/m1/s1. The van der Waals surface area contributed by atoms with Gasteiger partial charge in [-0.1, -0.05) is 5.92 Å². The first-order chi connectivity index (χ1) is 8.17. The monoisotopic (exact) mass is 257 g/mol. The summed E-state index contributed by atoms with van der Waals surface area (Å²) in [5.41, 5.74) is -0.698. The molecule has 0 rings (SSSR count). The summed E-state index contributed by atoms with van der Waals surface area (Å²) in [5, 5.41) is 11.2. The fourth-order valence-corrected chi connectivity index (χ4v) is 1.09. The minimum Gasteiger partial charge on any atom is -0.480 e. The number of hydrogen-bond acceptors (Lipinski definition) is 4. The predicted octanol–water partition coefficient (Wildman–Crippen LogP) is 1.00. The van der Waals surface area contributed by atoms with E-state index in [0.29, 0.717) is 0 Å². The fraction of sp³-hybridized carbons (Fsp3) is 0.667. The molecule has 0 fully saturated rings. The van der Waals surface area contributed by atoms with Gasteiger partial charge in [-0.25, -0.2) is 9.59 Å². The number of nitrogens with one attached hydrogen (secondary N) is 1. The van der Waals surface area contributed by atoms with E-state index in [1.165, 1.54) is 6.92 Å². The number of carbonyl (C=O) groups excluding carboxylic acids is 1. The molecule has 102 valence electrons. The van der Waals surface area contributed by atoms with E-state index in [0.717, 1.165) is 0 Å². The Bertz CT molecular complexity index is 339. The van der Waals surface area contributed by atoms with Crippen LogP contribution in [0.2, 0.25) is 0 Å². The van der Waals surface area contributed by atoms with Crippen LogP contribution in [0.4, 0.5) is 4.79 Å². The first-order valence-corrected chi connectivity index (χ1v) is 5.44. The largest absolute Gasteiger partial charge is 0.480 e. The van der Waals surface area contributed by atoms with Gasteiger partial charge < -0.3 is 19.9 Å². The van der Waals surface area contributed by atoms with Gasteiger partial charge in [-0.3, -0.25) is 0 Å². The Hall–Kier alpha value is -1.74. The highest BCUT2D eigenvalue weighted by Gasteiger charge is 2.29. The highest BCUT2D eigenvalue weighted by atomic mass is 16.6. The third kappa shape index (κ3) is 6.76. The zero-order chi connectivity index (χ0) is 14.3. The van der Waals surface area contributed by atoms with Crippen LogP contribution in [0.15, 0.2) is 0 Å². The molecule has 0 saturated heterocycles. The summed E-state index contributed by atoms with van der Waals surface area (Å²) in [5.74, 6) is 1.01. The van der Waals surface area contributed by atoms with Gasteiger partial charge in [-0.2, -0.15) is 0 Å². The molecule has 2 atom stereocenters. The number of amides is 1. The molecule has 0 bridgehead atoms. The number of carboxylic acids is 1. The van der Waals surface area contributed by atoms with Gasteiger partial charge in [-0.05, 0) is 27.7 Å². The van der Waals surface area contributed by atoms with Crippen LogP contribution in [-0.2, 0) is 14.3 Å². The van der Waals surface area contributed by atoms with E-state index in [-0.39, 0.29) is 6.61 Å². The summed E-state index contributed by atoms with van der Waals surface area (Å²) in [4.78, 5) is 22.5. The van der Waals surface area contributed by atoms with Gasteiger partial charge in [0.25, 0.3) is 0 Å². The smallest absolute Gasteiger partial charge is 0.408 e. The van der Waals surface area contributed by atoms with Crippen molar-refractivity contribution in [3.63, 3.8) is 0 Å². The number of aliphatic carboxylic acids is 1. The highest BCUT2D eigenvalue weighted by molar-refractivity contribution is 5.80. The number of terminal acetylenes is 1. The van der Waals surface area contributed by atoms with Crippen LogP contribution in [0.25, 0.3) is 0 Å². The van der Waals surface area contributed by atoms with Crippen molar-refractivity contribution >= 4 is 12.1 Å². The lowest BCUT2D eigenvalue weighted by Gasteiger charge is -2.24. The van der Waals surface area contributed by atoms with Crippen LogP contribution >= 0.6 is 0 Å². The van der Waals surface area contributed by atoms with Crippen LogP contribution in [0, 0.1) is 12.3 Å². The number of alkyl carbamates (subject to hydrolysis) is 1. The minimum atomic E-state index is -1.22. The minimum absolute atomic E-state index is 0.0268. The summed E-state index contributed by atoms with van der Waals surface area (Å²) in [6.07, 6.45) is 3.43. The summed E-state index contributed by atoms with van der Waals surface area (Å²) < 4.78 is 10.0. The molecule has 0 spiro atoms. The Kier molecular flexibility index (Phi) is 6.20. The Morgan fingerprint density at radius 3 is 2.39 bits per heavy atom. The van der Waals surface area contributed by atoms with Crippen LogP contribution in [0.5, 0.6) is 0 Å². The van der Waals surface area contributed by atoms with E-state index in [1.54, 1.807) is 20.8 Å². The zero-order valence-electron chi connectivity index (χ0n) is 11.0. The molecule has 0 radical (unpaired) electrons. The van der Waals surface area contributed by atoms with Crippen molar-refractivity contribution in [2.45, 2.75) is 45.4 Å². The third-order valence-electron chi connectivity index (χ3n) is 1.84. The van der Waals surface area contributed by atoms with Crippen LogP contribution in [0.1, 0.15) is 27.7 Å². The van der Waals surface area contributed by atoms with Crippen LogP contribution in [0.3, 0.4) is 0 Å². The average Bonchev–Trinajstić information content (AvgIpc) is 2.19. The summed E-state index contributed by atoms with van der Waals surface area (Å²) in [7, 11) is 0. The molecule has 0 saturated carbocycles. The van der Waals surface area contributed by atoms with Crippen LogP contribution in [-0.4, -0.2) is 41.5 Å². The Labute approximate surface area is 107 Å². The molecule has 18 heavy (non-hydrogen) atoms. The number of carbonyl (C=O) groups is 2. The topological polar surface area (TPSA) is 84.9 Å². The SMILES string of the molecule is C#CCO[C@H](C)[C@H](NC(=O)OC(C)(C)C)C(=O)O. The van der Waals surface area contributed by atoms with Crippen LogP contribution < -0.4 is 5.32 Å². The lowest BCUT2D eigenvalue weighted by Crippen LogP contribution is -2.50. The van der Waals surface area contributed by atoms with Gasteiger partial charge in [0.05, 0.1) is 6.10 Å². The maximum Gasteiger partial charge on any atom is 0.408 e. The lowest BCUT2D eigenvalue weighted by atomic mass is 10.2. The third-order valence-corrected chi connectivity index (χ3v) is 1.84. The predicted molar refractivity (Wildman–Crippen MR) is 65.0 cm³/mol. The molecule has 0 unspecified atom stereocenters. The molecular weight excluding hydrogens is 238 g/mol. The Morgan fingerprint density at radius 1 is 1.44 bits per heavy atom. The van der Waals surface area contributed by atoms with E-state index >= 15 is 0 Å². The quantitative estimate of drug-likeness (QED) is 0.718. The van der Waals surface area contributed by atoms with Crippen molar-refractivity contribution in [2.75, 3.05) is 6.61 Å². The maximum atomic E-state index is 11.5. The lowest BCUT2D eigenvalue weighted by molar-refractivity contribution is -0.143. The first-order valence-electron chi connectivity index (χ1n) is 5.44. The molecule has 0 aliphatic rings. The molecular formula is C12H19NO5. The normalized spacial score (nSPS) is 14.2. The van der Waals surface area contributed by atoms with E-state index in [2.05, 4.69) is 11.2 Å². The molecule has 0 aromatic carbocycles. The average molecular weight is 257 g/mol. The Morgan fingerprint density at radius 2 is 2.00 bits per heavy atom. The van der Waals surface area contributed by atoms with E-state index in [1.807, 2.05) is 0 Å². The van der Waals surface area contributed by atoms with Crippen molar-refractivity contribution in [1.29, 1.82) is 0 Å². The molecule has 2 N–H and O–H groups in total. The molecule has 6 heteroatoms. The zero-order valence-corrected chi connectivity index (χ0v) is 11.0. The number of carboxylic acid groups (broad SMARTS) is 1. The second-order valence-electron chi connectivity index (χ2n) is 4.68. The number of ether oxygens (including phenoxy) is 2. The first kappa shape index (κ1) is 16.3. The van der Waals surface area contributed by atoms with Crippen molar-refractivity contribution in [3.8, 4) is 12.3 Å². The second-order valence-corrected chi connectivity index (χ2v) is 4.68. The van der Waals surface area contributed by atoms with E-state index in [9.17, 15) is 9.59 Å². The van der Waals surface area contributed by atoms with Crippen molar-refractivity contribution in [1.82, 2.24) is 5.32 Å². The van der Waals surface area contributed by atoms with Gasteiger partial charge in [0, 0.05) is 0 Å². The maximum absolute atomic E-state index is 11.5. The molecule has 6 nitrogen and oxygen atoms in total. The van der Waals surface area contributed by atoms with Gasteiger partial charge in [0.15, 0.2) is 6.04 Å². The van der Waals surface area contributed by atoms with E-state index in [4.69, 9.17) is 21.0 Å². The highest BCUT2D eigenvalue weighted by Crippen LogP contribution is 2.08. The van der Waals surface area contributed by atoms with Crippen molar-refractivity contribution in [2.24, 2.45) is 0 Å². The van der Waals surface area contributed by atoms with Gasteiger partial charge >= 0.3 is 12.1 Å². The van der Waals surface area contributed by atoms with Crippen molar-refractivity contribution in [3.05, 3.63) is 0 Å². The van der Waals surface area contributed by atoms with E-state index < -0.39 is 29.8 Å². The Balaban J connectivity index is 4.50. The molecule has 0 heterocycles. The molecule has 0 aromatic heterocycles. The molecule has 0 aromatic rings. The fourth-order valence-electron chi connectivity index (χ4n) is 1.09. The molecule has 0 aliphatic heterocycles. The van der Waals surface area contributed by atoms with Gasteiger partial charge in [0.2, 0.25) is 0 Å². The van der Waals surface area contributed by atoms with Gasteiger partial charge in [0.1, 0.15) is 12.2 Å². The summed E-state index contributed by atoms with van der Waals surface area (Å²) >= 11 is 0. The summed E-state index contributed by atoms with van der Waals surface area (Å²) in [6.45, 7) is 6.52. The second kappa shape index (κ2) is 6.87. The summed E-state index contributed by atoms with van der Waals surface area (Å²) in [6, 6.07) is -1.21.